The Morgan fingerprint density at radius 1 is 1.15 bits per heavy atom. The molecule has 1 aliphatic heterocycles. The lowest BCUT2D eigenvalue weighted by molar-refractivity contribution is 0.339. The first-order valence-corrected chi connectivity index (χ1v) is 7.38. The smallest absolute Gasteiger partial charge is 0.119 e. The zero-order valence-corrected chi connectivity index (χ0v) is 11.9. The van der Waals surface area contributed by atoms with Gasteiger partial charge < -0.3 is 10.1 Å². The molecule has 1 atom stereocenters. The third-order valence-corrected chi connectivity index (χ3v) is 3.84. The van der Waals surface area contributed by atoms with Crippen molar-refractivity contribution < 1.29 is 4.74 Å². The molecule has 0 aliphatic carbocycles. The highest BCUT2D eigenvalue weighted by Crippen LogP contribution is 2.29. The molecular weight excluding hydrogens is 246 g/mol. The highest BCUT2D eigenvalue weighted by atomic mass is 16.5. The molecule has 3 rings (SSSR count). The van der Waals surface area contributed by atoms with Crippen LogP contribution in [0.5, 0.6) is 5.75 Å². The number of ether oxygens (including phenoxy) is 1. The van der Waals surface area contributed by atoms with Crippen LogP contribution >= 0.6 is 0 Å². The quantitative estimate of drug-likeness (QED) is 0.906. The first-order chi connectivity index (χ1) is 9.85. The monoisotopic (exact) mass is 267 g/mol. The van der Waals surface area contributed by atoms with Crippen LogP contribution in [0.1, 0.15) is 18.1 Å². The van der Waals surface area contributed by atoms with E-state index < -0.39 is 0 Å². The van der Waals surface area contributed by atoms with Gasteiger partial charge in [-0.3, -0.25) is 0 Å². The molecule has 104 valence electrons. The number of rotatable bonds is 4. The first-order valence-electron chi connectivity index (χ1n) is 7.38. The summed E-state index contributed by atoms with van der Waals surface area (Å²) in [4.78, 5) is 0. The van der Waals surface area contributed by atoms with Crippen LogP contribution in [0.4, 0.5) is 5.69 Å². The standard InChI is InChI=1S/C18H21NO/c1-2-20-17-8-9-18-16(12-17)11-15(13-19-18)10-14-6-4-3-5-7-14/h3-9,12,15,19H,2,10-11,13H2,1H3. The molecule has 1 unspecified atom stereocenters. The number of hydrogen-bond donors (Lipinski definition) is 1. The van der Waals surface area contributed by atoms with Gasteiger partial charge in [0.25, 0.3) is 0 Å². The van der Waals surface area contributed by atoms with Crippen LogP contribution in [0.2, 0.25) is 0 Å². The van der Waals surface area contributed by atoms with E-state index in [9.17, 15) is 0 Å². The number of benzene rings is 2. The van der Waals surface area contributed by atoms with Crippen molar-refractivity contribution in [2.45, 2.75) is 19.8 Å². The fourth-order valence-corrected chi connectivity index (χ4v) is 2.90. The van der Waals surface area contributed by atoms with Crippen molar-refractivity contribution in [3.8, 4) is 5.75 Å². The van der Waals surface area contributed by atoms with Gasteiger partial charge in [-0.1, -0.05) is 30.3 Å². The van der Waals surface area contributed by atoms with E-state index in [1.165, 1.54) is 16.8 Å². The van der Waals surface area contributed by atoms with E-state index in [0.717, 1.165) is 31.7 Å². The van der Waals surface area contributed by atoms with Gasteiger partial charge in [0.2, 0.25) is 0 Å². The number of anilines is 1. The lowest BCUT2D eigenvalue weighted by Gasteiger charge is -2.26. The molecule has 1 heterocycles. The minimum Gasteiger partial charge on any atom is -0.494 e. The average Bonchev–Trinajstić information content (AvgIpc) is 2.48. The molecule has 0 radical (unpaired) electrons. The molecule has 1 aliphatic rings. The van der Waals surface area contributed by atoms with Gasteiger partial charge in [-0.2, -0.15) is 0 Å². The van der Waals surface area contributed by atoms with Crippen molar-refractivity contribution in [1.82, 2.24) is 0 Å². The summed E-state index contributed by atoms with van der Waals surface area (Å²) in [5, 5.41) is 3.55. The van der Waals surface area contributed by atoms with Crippen molar-refractivity contribution >= 4 is 5.69 Å². The normalized spacial score (nSPS) is 17.1. The molecule has 2 heteroatoms. The predicted molar refractivity (Wildman–Crippen MR) is 83.4 cm³/mol. The van der Waals surface area contributed by atoms with Gasteiger partial charge in [-0.15, -0.1) is 0 Å². The van der Waals surface area contributed by atoms with Gasteiger partial charge in [0.15, 0.2) is 0 Å². The van der Waals surface area contributed by atoms with E-state index >= 15 is 0 Å². The van der Waals surface area contributed by atoms with E-state index in [-0.39, 0.29) is 0 Å². The van der Waals surface area contributed by atoms with Crippen LogP contribution in [0.15, 0.2) is 48.5 Å². The second kappa shape index (κ2) is 6.00. The number of hydrogen-bond acceptors (Lipinski definition) is 2. The summed E-state index contributed by atoms with van der Waals surface area (Å²) in [6, 6.07) is 17.1. The second-order valence-electron chi connectivity index (χ2n) is 5.39. The molecule has 0 amide bonds. The maximum Gasteiger partial charge on any atom is 0.119 e. The van der Waals surface area contributed by atoms with Gasteiger partial charge in [0, 0.05) is 12.2 Å². The molecule has 20 heavy (non-hydrogen) atoms. The molecule has 2 aromatic rings. The third kappa shape index (κ3) is 2.96. The maximum atomic E-state index is 5.60. The number of nitrogens with one attached hydrogen (secondary N) is 1. The van der Waals surface area contributed by atoms with Gasteiger partial charge in [-0.25, -0.2) is 0 Å². The average molecular weight is 267 g/mol. The van der Waals surface area contributed by atoms with Crippen molar-refractivity contribution in [2.24, 2.45) is 5.92 Å². The maximum absolute atomic E-state index is 5.60. The summed E-state index contributed by atoms with van der Waals surface area (Å²) >= 11 is 0. The molecular formula is C18H21NO. The SMILES string of the molecule is CCOc1ccc2c(c1)CC(Cc1ccccc1)CN2. The summed E-state index contributed by atoms with van der Waals surface area (Å²) in [6.07, 6.45) is 2.25. The molecule has 0 saturated carbocycles. The summed E-state index contributed by atoms with van der Waals surface area (Å²) in [7, 11) is 0. The summed E-state index contributed by atoms with van der Waals surface area (Å²) in [5.41, 5.74) is 4.06. The van der Waals surface area contributed by atoms with E-state index in [1.807, 2.05) is 13.0 Å². The molecule has 0 fully saturated rings. The highest BCUT2D eigenvalue weighted by molar-refractivity contribution is 5.56. The van der Waals surface area contributed by atoms with Crippen molar-refractivity contribution in [2.75, 3.05) is 18.5 Å². The van der Waals surface area contributed by atoms with Crippen LogP contribution in [-0.4, -0.2) is 13.2 Å². The fourth-order valence-electron chi connectivity index (χ4n) is 2.90. The lowest BCUT2D eigenvalue weighted by atomic mass is 9.89. The van der Waals surface area contributed by atoms with Crippen molar-refractivity contribution in [1.29, 1.82) is 0 Å². The van der Waals surface area contributed by atoms with Gasteiger partial charge in [0.05, 0.1) is 6.61 Å². The molecule has 1 N–H and O–H groups in total. The van der Waals surface area contributed by atoms with Gasteiger partial charge >= 0.3 is 0 Å². The molecule has 2 aromatic carbocycles. The Labute approximate surface area is 120 Å². The van der Waals surface area contributed by atoms with Crippen LogP contribution < -0.4 is 10.1 Å². The Hall–Kier alpha value is -1.96. The Balaban J connectivity index is 1.72. The van der Waals surface area contributed by atoms with E-state index in [0.29, 0.717) is 5.92 Å². The Bertz CT molecular complexity index is 565. The zero-order chi connectivity index (χ0) is 13.8. The van der Waals surface area contributed by atoms with Gasteiger partial charge in [-0.05, 0) is 55.0 Å². The third-order valence-electron chi connectivity index (χ3n) is 3.84. The van der Waals surface area contributed by atoms with Crippen molar-refractivity contribution in [3.63, 3.8) is 0 Å². The lowest BCUT2D eigenvalue weighted by Crippen LogP contribution is -2.24. The zero-order valence-electron chi connectivity index (χ0n) is 11.9. The molecule has 0 saturated heterocycles. The van der Waals surface area contributed by atoms with Crippen LogP contribution in [0.3, 0.4) is 0 Å². The summed E-state index contributed by atoms with van der Waals surface area (Å²) in [5.74, 6) is 1.63. The largest absolute Gasteiger partial charge is 0.494 e. The van der Waals surface area contributed by atoms with Crippen LogP contribution in [-0.2, 0) is 12.8 Å². The van der Waals surface area contributed by atoms with Crippen LogP contribution in [0, 0.1) is 5.92 Å². The first kappa shape index (κ1) is 13.0. The van der Waals surface area contributed by atoms with Crippen molar-refractivity contribution in [3.05, 3.63) is 59.7 Å². The summed E-state index contributed by atoms with van der Waals surface area (Å²) in [6.45, 7) is 3.80. The highest BCUT2D eigenvalue weighted by Gasteiger charge is 2.19. The topological polar surface area (TPSA) is 21.3 Å². The van der Waals surface area contributed by atoms with E-state index in [1.54, 1.807) is 0 Å². The summed E-state index contributed by atoms with van der Waals surface area (Å²) < 4.78 is 5.60. The van der Waals surface area contributed by atoms with E-state index in [2.05, 4.69) is 47.8 Å². The molecule has 0 spiro atoms. The van der Waals surface area contributed by atoms with Crippen LogP contribution in [0.25, 0.3) is 0 Å². The van der Waals surface area contributed by atoms with E-state index in [4.69, 9.17) is 4.74 Å². The minimum atomic E-state index is 0.654. The predicted octanol–water partition coefficient (Wildman–Crippen LogP) is 3.91. The minimum absolute atomic E-state index is 0.654. The number of fused-ring (bicyclic) bond motifs is 1. The molecule has 0 aromatic heterocycles. The van der Waals surface area contributed by atoms with Gasteiger partial charge in [0.1, 0.15) is 5.75 Å². The Morgan fingerprint density at radius 2 is 2.00 bits per heavy atom. The second-order valence-corrected chi connectivity index (χ2v) is 5.39. The Kier molecular flexibility index (Phi) is 3.91. The molecule has 2 nitrogen and oxygen atoms in total. The fraction of sp³-hybridized carbons (Fsp3) is 0.333. The Morgan fingerprint density at radius 3 is 2.80 bits per heavy atom. The molecule has 0 bridgehead atoms.